The molecule has 92 valence electrons. The SMILES string of the molecule is CCc1cc(C(N)c2nccn2C)n(CC)n1. The molecule has 0 saturated heterocycles. The molecule has 0 radical (unpaired) electrons. The van der Waals surface area contributed by atoms with Crippen LogP contribution in [-0.2, 0) is 20.0 Å². The summed E-state index contributed by atoms with van der Waals surface area (Å²) in [6.45, 7) is 4.99. The van der Waals surface area contributed by atoms with E-state index in [4.69, 9.17) is 5.73 Å². The summed E-state index contributed by atoms with van der Waals surface area (Å²) in [6, 6.07) is 1.85. The summed E-state index contributed by atoms with van der Waals surface area (Å²) in [5.41, 5.74) is 8.36. The van der Waals surface area contributed by atoms with Crippen molar-refractivity contribution in [2.45, 2.75) is 32.9 Å². The van der Waals surface area contributed by atoms with Crippen LogP contribution < -0.4 is 5.73 Å². The highest BCUT2D eigenvalue weighted by Crippen LogP contribution is 2.19. The molecule has 0 aliphatic heterocycles. The molecule has 0 amide bonds. The Bertz CT molecular complexity index is 497. The summed E-state index contributed by atoms with van der Waals surface area (Å²) in [6.07, 6.45) is 4.60. The Hall–Kier alpha value is -1.62. The molecule has 0 fully saturated rings. The summed E-state index contributed by atoms with van der Waals surface area (Å²) < 4.78 is 3.90. The first-order chi connectivity index (χ1) is 8.17. The second-order valence-electron chi connectivity index (χ2n) is 4.10. The van der Waals surface area contributed by atoms with Crippen LogP contribution in [0.25, 0.3) is 0 Å². The minimum Gasteiger partial charge on any atom is -0.336 e. The zero-order valence-electron chi connectivity index (χ0n) is 10.6. The van der Waals surface area contributed by atoms with E-state index in [9.17, 15) is 0 Å². The van der Waals surface area contributed by atoms with E-state index in [2.05, 4.69) is 30.0 Å². The van der Waals surface area contributed by atoms with Crippen LogP contribution >= 0.6 is 0 Å². The van der Waals surface area contributed by atoms with E-state index in [1.54, 1.807) is 6.20 Å². The summed E-state index contributed by atoms with van der Waals surface area (Å²) >= 11 is 0. The zero-order valence-corrected chi connectivity index (χ0v) is 10.6. The number of hydrogen-bond donors (Lipinski definition) is 1. The number of nitrogens with zero attached hydrogens (tertiary/aromatic N) is 4. The van der Waals surface area contributed by atoms with E-state index < -0.39 is 0 Å². The van der Waals surface area contributed by atoms with Crippen LogP contribution in [0.4, 0.5) is 0 Å². The fraction of sp³-hybridized carbons (Fsp3) is 0.500. The molecule has 1 atom stereocenters. The Labute approximate surface area is 101 Å². The Morgan fingerprint density at radius 3 is 2.71 bits per heavy atom. The number of hydrogen-bond acceptors (Lipinski definition) is 3. The largest absolute Gasteiger partial charge is 0.336 e. The van der Waals surface area contributed by atoms with Gasteiger partial charge < -0.3 is 10.3 Å². The molecule has 17 heavy (non-hydrogen) atoms. The maximum absolute atomic E-state index is 6.26. The fourth-order valence-corrected chi connectivity index (χ4v) is 1.97. The van der Waals surface area contributed by atoms with E-state index in [-0.39, 0.29) is 6.04 Å². The monoisotopic (exact) mass is 233 g/mol. The fourth-order valence-electron chi connectivity index (χ4n) is 1.97. The van der Waals surface area contributed by atoms with E-state index in [0.29, 0.717) is 0 Å². The molecule has 0 spiro atoms. The van der Waals surface area contributed by atoms with Crippen LogP contribution in [0.1, 0.15) is 37.1 Å². The summed E-state index contributed by atoms with van der Waals surface area (Å²) in [5, 5.41) is 4.51. The predicted molar refractivity (Wildman–Crippen MR) is 66.5 cm³/mol. The maximum Gasteiger partial charge on any atom is 0.131 e. The van der Waals surface area contributed by atoms with Crippen LogP contribution in [0.2, 0.25) is 0 Å². The number of aromatic nitrogens is 4. The van der Waals surface area contributed by atoms with Gasteiger partial charge in [0, 0.05) is 26.0 Å². The molecule has 2 N–H and O–H groups in total. The molecule has 5 nitrogen and oxygen atoms in total. The Kier molecular flexibility index (Phi) is 3.28. The van der Waals surface area contributed by atoms with Crippen LogP contribution in [0.5, 0.6) is 0 Å². The van der Waals surface area contributed by atoms with Crippen LogP contribution in [-0.4, -0.2) is 19.3 Å². The molecule has 0 aliphatic carbocycles. The van der Waals surface area contributed by atoms with Crippen molar-refractivity contribution in [3.05, 3.63) is 35.7 Å². The highest BCUT2D eigenvalue weighted by molar-refractivity contribution is 5.20. The van der Waals surface area contributed by atoms with Gasteiger partial charge in [-0.2, -0.15) is 5.10 Å². The van der Waals surface area contributed by atoms with Crippen molar-refractivity contribution in [2.75, 3.05) is 0 Å². The smallest absolute Gasteiger partial charge is 0.131 e. The highest BCUT2D eigenvalue weighted by Gasteiger charge is 2.18. The Morgan fingerprint density at radius 1 is 1.41 bits per heavy atom. The second-order valence-corrected chi connectivity index (χ2v) is 4.10. The maximum atomic E-state index is 6.26. The van der Waals surface area contributed by atoms with Crippen molar-refractivity contribution in [1.82, 2.24) is 19.3 Å². The molecular weight excluding hydrogens is 214 g/mol. The first kappa shape index (κ1) is 11.9. The lowest BCUT2D eigenvalue weighted by Gasteiger charge is -2.12. The van der Waals surface area contributed by atoms with E-state index >= 15 is 0 Å². The zero-order chi connectivity index (χ0) is 12.4. The highest BCUT2D eigenvalue weighted by atomic mass is 15.3. The number of imidazole rings is 1. The van der Waals surface area contributed by atoms with Gasteiger partial charge in [0.25, 0.3) is 0 Å². The molecular formula is C12H19N5. The quantitative estimate of drug-likeness (QED) is 0.864. The molecule has 0 bridgehead atoms. The number of rotatable bonds is 4. The van der Waals surface area contributed by atoms with Gasteiger partial charge >= 0.3 is 0 Å². The van der Waals surface area contributed by atoms with Gasteiger partial charge in [-0.25, -0.2) is 4.98 Å². The average Bonchev–Trinajstić information content (AvgIpc) is 2.93. The molecule has 2 aromatic heterocycles. The summed E-state index contributed by atoms with van der Waals surface area (Å²) in [7, 11) is 1.95. The molecule has 0 aromatic carbocycles. The van der Waals surface area contributed by atoms with Gasteiger partial charge in [0.1, 0.15) is 11.9 Å². The van der Waals surface area contributed by atoms with E-state index in [1.807, 2.05) is 22.5 Å². The van der Waals surface area contributed by atoms with Gasteiger partial charge in [-0.15, -0.1) is 0 Å². The first-order valence-corrected chi connectivity index (χ1v) is 5.96. The van der Waals surface area contributed by atoms with Gasteiger partial charge in [-0.05, 0) is 19.4 Å². The van der Waals surface area contributed by atoms with Gasteiger partial charge in [0.05, 0.1) is 11.4 Å². The topological polar surface area (TPSA) is 61.7 Å². The van der Waals surface area contributed by atoms with E-state index in [0.717, 1.165) is 30.2 Å². The third kappa shape index (κ3) is 2.10. The van der Waals surface area contributed by atoms with Crippen molar-refractivity contribution in [3.8, 4) is 0 Å². The minimum atomic E-state index is -0.220. The van der Waals surface area contributed by atoms with Gasteiger partial charge in [0.2, 0.25) is 0 Å². The normalized spacial score (nSPS) is 12.9. The number of nitrogens with two attached hydrogens (primary N) is 1. The first-order valence-electron chi connectivity index (χ1n) is 5.96. The molecule has 0 saturated carbocycles. The predicted octanol–water partition coefficient (Wildman–Crippen LogP) is 1.25. The Morgan fingerprint density at radius 2 is 2.18 bits per heavy atom. The standard InChI is InChI=1S/C12H19N5/c1-4-9-8-10(17(5-2)15-9)11(13)12-14-6-7-16(12)3/h6-8,11H,4-5,13H2,1-3H3. The summed E-state index contributed by atoms with van der Waals surface area (Å²) in [5.74, 6) is 0.863. The molecule has 2 heterocycles. The lowest BCUT2D eigenvalue weighted by Crippen LogP contribution is -2.20. The van der Waals surface area contributed by atoms with Crippen molar-refractivity contribution in [1.29, 1.82) is 0 Å². The van der Waals surface area contributed by atoms with Crippen molar-refractivity contribution < 1.29 is 0 Å². The van der Waals surface area contributed by atoms with Crippen LogP contribution in [0.15, 0.2) is 18.5 Å². The average molecular weight is 233 g/mol. The summed E-state index contributed by atoms with van der Waals surface area (Å²) in [4.78, 5) is 4.30. The molecule has 2 rings (SSSR count). The van der Waals surface area contributed by atoms with Gasteiger partial charge in [0.15, 0.2) is 0 Å². The second kappa shape index (κ2) is 4.71. The third-order valence-corrected chi connectivity index (χ3v) is 2.98. The third-order valence-electron chi connectivity index (χ3n) is 2.98. The van der Waals surface area contributed by atoms with Crippen molar-refractivity contribution in [2.24, 2.45) is 12.8 Å². The molecule has 0 aliphatic rings. The molecule has 5 heteroatoms. The minimum absolute atomic E-state index is 0.220. The van der Waals surface area contributed by atoms with Gasteiger partial charge in [-0.1, -0.05) is 6.92 Å². The molecule has 1 unspecified atom stereocenters. The van der Waals surface area contributed by atoms with Crippen LogP contribution in [0, 0.1) is 0 Å². The number of aryl methyl sites for hydroxylation is 3. The van der Waals surface area contributed by atoms with Crippen molar-refractivity contribution >= 4 is 0 Å². The lowest BCUT2D eigenvalue weighted by atomic mass is 10.2. The van der Waals surface area contributed by atoms with E-state index in [1.165, 1.54) is 0 Å². The van der Waals surface area contributed by atoms with Crippen molar-refractivity contribution in [3.63, 3.8) is 0 Å². The van der Waals surface area contributed by atoms with Crippen LogP contribution in [0.3, 0.4) is 0 Å². The lowest BCUT2D eigenvalue weighted by molar-refractivity contribution is 0.577. The molecule has 2 aromatic rings. The Balaban J connectivity index is 2.39. The van der Waals surface area contributed by atoms with Gasteiger partial charge in [-0.3, -0.25) is 4.68 Å².